The lowest BCUT2D eigenvalue weighted by molar-refractivity contribution is -0.135. The topological polar surface area (TPSA) is 67.9 Å². The van der Waals surface area contributed by atoms with Gasteiger partial charge in [-0.3, -0.25) is 4.99 Å². The molecule has 0 aromatic carbocycles. The molecule has 26 heavy (non-hydrogen) atoms. The van der Waals surface area contributed by atoms with Gasteiger partial charge in [0, 0.05) is 24.9 Å². The van der Waals surface area contributed by atoms with Crippen molar-refractivity contribution in [2.45, 2.75) is 32.7 Å². The quantitative estimate of drug-likeness (QED) is 0.579. The summed E-state index contributed by atoms with van der Waals surface area (Å²) in [5, 5.41) is 4.05. The molecule has 0 amide bonds. The monoisotopic (exact) mass is 355 g/mol. The van der Waals surface area contributed by atoms with Gasteiger partial charge in [-0.25, -0.2) is 4.79 Å². The van der Waals surface area contributed by atoms with Crippen molar-refractivity contribution < 1.29 is 14.1 Å². The summed E-state index contributed by atoms with van der Waals surface area (Å²) in [5.41, 5.74) is 3.98. The number of aliphatic imine (C=N–C) groups is 1. The predicted molar refractivity (Wildman–Crippen MR) is 101 cm³/mol. The molecule has 0 radical (unpaired) electrons. The number of hydrogen-bond donors (Lipinski definition) is 0. The first-order chi connectivity index (χ1) is 12.4. The molecule has 1 saturated carbocycles. The maximum Gasteiger partial charge on any atom is 0.337 e. The summed E-state index contributed by atoms with van der Waals surface area (Å²) >= 11 is 0. The third kappa shape index (κ3) is 3.64. The van der Waals surface area contributed by atoms with Crippen molar-refractivity contribution in [3.05, 3.63) is 46.5 Å². The molecule has 1 atom stereocenters. The van der Waals surface area contributed by atoms with E-state index in [4.69, 9.17) is 9.26 Å². The number of likely N-dealkylation sites (N-methyl/N-ethyl adjacent to an activating group) is 1. The molecule has 0 spiro atoms. The number of aromatic nitrogens is 1. The average Bonchev–Trinajstić information content (AvgIpc) is 3.40. The molecule has 6 heteroatoms. The van der Waals surface area contributed by atoms with E-state index in [0.29, 0.717) is 11.3 Å². The predicted octanol–water partition coefficient (Wildman–Crippen LogP) is 3.08. The molecule has 6 nitrogen and oxygen atoms in total. The summed E-state index contributed by atoms with van der Waals surface area (Å²) in [4.78, 5) is 18.7. The average molecular weight is 355 g/mol. The van der Waals surface area contributed by atoms with Crippen LogP contribution in [0, 0.1) is 19.8 Å². The van der Waals surface area contributed by atoms with Crippen molar-refractivity contribution in [2.75, 3.05) is 20.7 Å². The minimum atomic E-state index is -0.401. The van der Waals surface area contributed by atoms with E-state index in [2.05, 4.69) is 34.9 Å². The SMILES string of the molecule is C=NC1C=C(C(=O)OC)C=C(c2c(C)noc2C)C=C1N(C)CC1CC1. The van der Waals surface area contributed by atoms with Crippen LogP contribution in [0.1, 0.15) is 29.9 Å². The summed E-state index contributed by atoms with van der Waals surface area (Å²) in [5.74, 6) is 1.04. The van der Waals surface area contributed by atoms with Crippen molar-refractivity contribution in [1.82, 2.24) is 10.1 Å². The lowest BCUT2D eigenvalue weighted by Gasteiger charge is -2.26. The number of carbonyl (C=O) groups excluding carboxylic acids is 1. The third-order valence-corrected chi connectivity index (χ3v) is 4.86. The van der Waals surface area contributed by atoms with Crippen LogP contribution in [0.5, 0.6) is 0 Å². The molecule has 2 aliphatic carbocycles. The van der Waals surface area contributed by atoms with E-state index >= 15 is 0 Å². The van der Waals surface area contributed by atoms with Gasteiger partial charge >= 0.3 is 5.97 Å². The van der Waals surface area contributed by atoms with Crippen LogP contribution in [-0.4, -0.2) is 49.5 Å². The summed E-state index contributed by atoms with van der Waals surface area (Å²) in [6, 6.07) is -0.318. The van der Waals surface area contributed by atoms with Gasteiger partial charge in [0.2, 0.25) is 0 Å². The molecule has 0 saturated heterocycles. The Morgan fingerprint density at radius 3 is 2.69 bits per heavy atom. The molecule has 2 aliphatic rings. The van der Waals surface area contributed by atoms with Crippen molar-refractivity contribution >= 4 is 18.3 Å². The molecule has 0 aliphatic heterocycles. The molecule has 1 heterocycles. The second-order valence-corrected chi connectivity index (χ2v) is 6.93. The van der Waals surface area contributed by atoms with E-state index in [1.807, 2.05) is 19.9 Å². The first-order valence-corrected chi connectivity index (χ1v) is 8.78. The maximum absolute atomic E-state index is 12.3. The standard InChI is InChI=1S/C20H25N3O3/c1-12-19(13(2)26-22-12)15-8-16(20(24)25-5)9-17(21-3)18(10-15)23(4)11-14-6-7-14/h8-10,14,17H,3,6-7,11H2,1-2,4-5H3. The summed E-state index contributed by atoms with van der Waals surface area (Å²) in [6.45, 7) is 8.46. The molecule has 138 valence electrons. The van der Waals surface area contributed by atoms with Gasteiger partial charge in [-0.15, -0.1) is 0 Å². The number of hydrogen-bond acceptors (Lipinski definition) is 6. The Balaban J connectivity index is 2.10. The van der Waals surface area contributed by atoms with Crippen LogP contribution in [0.4, 0.5) is 0 Å². The molecule has 0 bridgehead atoms. The minimum Gasteiger partial charge on any atom is -0.465 e. The Labute approximate surface area is 153 Å². The van der Waals surface area contributed by atoms with Crippen LogP contribution in [-0.2, 0) is 9.53 Å². The Bertz CT molecular complexity index is 793. The number of allylic oxidation sites excluding steroid dienone is 2. The largest absolute Gasteiger partial charge is 0.465 e. The van der Waals surface area contributed by atoms with Crippen LogP contribution < -0.4 is 0 Å². The molecule has 1 aromatic heterocycles. The first kappa shape index (κ1) is 18.2. The molecule has 1 unspecified atom stereocenters. The molecular weight excluding hydrogens is 330 g/mol. The maximum atomic E-state index is 12.3. The van der Waals surface area contributed by atoms with Gasteiger partial charge in [-0.05, 0) is 63.1 Å². The zero-order valence-electron chi connectivity index (χ0n) is 15.8. The van der Waals surface area contributed by atoms with Crippen molar-refractivity contribution in [1.29, 1.82) is 0 Å². The van der Waals surface area contributed by atoms with E-state index < -0.39 is 5.97 Å². The molecule has 3 rings (SSSR count). The number of nitrogens with zero attached hydrogens (tertiary/aromatic N) is 3. The Morgan fingerprint density at radius 1 is 1.42 bits per heavy atom. The molecule has 1 aromatic rings. The van der Waals surface area contributed by atoms with Gasteiger partial charge in [-0.2, -0.15) is 0 Å². The number of methoxy groups -OCH3 is 1. The lowest BCUT2D eigenvalue weighted by Crippen LogP contribution is -2.27. The number of esters is 1. The second-order valence-electron chi connectivity index (χ2n) is 6.93. The highest BCUT2D eigenvalue weighted by molar-refractivity contribution is 5.96. The van der Waals surface area contributed by atoms with E-state index in [9.17, 15) is 4.79 Å². The summed E-state index contributed by atoms with van der Waals surface area (Å²) in [7, 11) is 3.44. The van der Waals surface area contributed by atoms with Gasteiger partial charge < -0.3 is 14.2 Å². The number of ether oxygens (including phenoxy) is 1. The molecule has 1 fully saturated rings. The summed E-state index contributed by atoms with van der Waals surface area (Å²) < 4.78 is 10.3. The fourth-order valence-corrected chi connectivity index (χ4v) is 3.32. The Morgan fingerprint density at radius 2 is 2.15 bits per heavy atom. The minimum absolute atomic E-state index is 0.318. The van der Waals surface area contributed by atoms with Crippen LogP contribution in [0.15, 0.2) is 39.0 Å². The van der Waals surface area contributed by atoms with E-state index in [1.54, 1.807) is 6.08 Å². The van der Waals surface area contributed by atoms with Gasteiger partial charge in [0.25, 0.3) is 0 Å². The van der Waals surface area contributed by atoms with Crippen LogP contribution in [0.2, 0.25) is 0 Å². The van der Waals surface area contributed by atoms with Crippen LogP contribution in [0.3, 0.4) is 0 Å². The fraction of sp³-hybridized carbons (Fsp3) is 0.450. The van der Waals surface area contributed by atoms with E-state index in [0.717, 1.165) is 35.0 Å². The number of aryl methyl sites for hydroxylation is 2. The lowest BCUT2D eigenvalue weighted by atomic mass is 10.0. The Hall–Kier alpha value is -2.63. The first-order valence-electron chi connectivity index (χ1n) is 8.78. The molecular formula is C20H25N3O3. The van der Waals surface area contributed by atoms with Gasteiger partial charge in [0.05, 0.1) is 18.4 Å². The van der Waals surface area contributed by atoms with E-state index in [-0.39, 0.29) is 6.04 Å². The highest BCUT2D eigenvalue weighted by Gasteiger charge is 2.28. The van der Waals surface area contributed by atoms with Gasteiger partial charge in [0.15, 0.2) is 0 Å². The smallest absolute Gasteiger partial charge is 0.337 e. The van der Waals surface area contributed by atoms with Crippen LogP contribution in [0.25, 0.3) is 5.57 Å². The highest BCUT2D eigenvalue weighted by atomic mass is 16.5. The summed E-state index contributed by atoms with van der Waals surface area (Å²) in [6.07, 6.45) is 8.20. The van der Waals surface area contributed by atoms with Crippen LogP contribution >= 0.6 is 0 Å². The zero-order valence-corrected chi connectivity index (χ0v) is 15.8. The van der Waals surface area contributed by atoms with Gasteiger partial charge in [-0.1, -0.05) is 5.16 Å². The zero-order chi connectivity index (χ0) is 18.8. The number of rotatable bonds is 6. The van der Waals surface area contributed by atoms with Crippen molar-refractivity contribution in [3.8, 4) is 0 Å². The normalized spacial score (nSPS) is 19.8. The van der Waals surface area contributed by atoms with Gasteiger partial charge in [0.1, 0.15) is 11.8 Å². The fourth-order valence-electron chi connectivity index (χ4n) is 3.32. The van der Waals surface area contributed by atoms with Crippen molar-refractivity contribution in [2.24, 2.45) is 10.9 Å². The second kappa shape index (κ2) is 7.32. The third-order valence-electron chi connectivity index (χ3n) is 4.86. The molecule has 0 N–H and O–H groups in total. The highest BCUT2D eigenvalue weighted by Crippen LogP contribution is 2.34. The number of carbonyl (C=O) groups is 1. The van der Waals surface area contributed by atoms with E-state index in [1.165, 1.54) is 20.0 Å². The van der Waals surface area contributed by atoms with Crippen molar-refractivity contribution in [3.63, 3.8) is 0 Å². The Kier molecular flexibility index (Phi) is 5.11.